The second kappa shape index (κ2) is 7.87. The predicted octanol–water partition coefficient (Wildman–Crippen LogP) is 1.91. The van der Waals surface area contributed by atoms with E-state index in [4.69, 9.17) is 0 Å². The Kier molecular flexibility index (Phi) is 4.95. The fourth-order valence-electron chi connectivity index (χ4n) is 4.93. The first-order chi connectivity index (χ1) is 13.9. The van der Waals surface area contributed by atoms with Gasteiger partial charge in [0, 0.05) is 0 Å². The molecule has 1 N–H and O–H groups in total. The smallest absolute Gasteiger partial charge is 0.163 e. The summed E-state index contributed by atoms with van der Waals surface area (Å²) in [5.74, 6) is 1.05. The lowest BCUT2D eigenvalue weighted by Gasteiger charge is -2.38. The van der Waals surface area contributed by atoms with Crippen LogP contribution >= 0.6 is 0 Å². The summed E-state index contributed by atoms with van der Waals surface area (Å²) in [5, 5.41) is 5.69. The molecular formula is C22H29N6+. The number of aromatic nitrogens is 4. The Labute approximate surface area is 166 Å². The van der Waals surface area contributed by atoms with Crippen LogP contribution in [0.4, 0.5) is 5.82 Å². The van der Waals surface area contributed by atoms with Gasteiger partial charge in [-0.2, -0.15) is 5.10 Å². The lowest BCUT2D eigenvalue weighted by atomic mass is 9.94. The molecule has 0 spiro atoms. The summed E-state index contributed by atoms with van der Waals surface area (Å²) >= 11 is 0. The third kappa shape index (κ3) is 3.49. The lowest BCUT2D eigenvalue weighted by Crippen LogP contribution is -3.18. The number of fused-ring (bicyclic) bond motifs is 1. The van der Waals surface area contributed by atoms with Gasteiger partial charge < -0.3 is 9.80 Å². The van der Waals surface area contributed by atoms with Crippen molar-refractivity contribution in [3.05, 3.63) is 48.4 Å². The van der Waals surface area contributed by atoms with Crippen LogP contribution in [-0.4, -0.2) is 52.0 Å². The van der Waals surface area contributed by atoms with Crippen LogP contribution in [0.25, 0.3) is 11.0 Å². The molecule has 1 saturated carbocycles. The van der Waals surface area contributed by atoms with Gasteiger partial charge in [-0.15, -0.1) is 0 Å². The van der Waals surface area contributed by atoms with Crippen molar-refractivity contribution >= 4 is 16.9 Å². The third-order valence-corrected chi connectivity index (χ3v) is 6.48. The molecule has 2 fully saturated rings. The summed E-state index contributed by atoms with van der Waals surface area (Å²) < 4.78 is 1.99. The minimum absolute atomic E-state index is 0.737. The Morgan fingerprint density at radius 3 is 2.54 bits per heavy atom. The van der Waals surface area contributed by atoms with E-state index in [-0.39, 0.29) is 0 Å². The number of benzene rings is 1. The number of quaternary nitrogens is 1. The molecule has 0 atom stereocenters. The minimum atomic E-state index is 0.737. The van der Waals surface area contributed by atoms with Crippen molar-refractivity contribution < 1.29 is 4.90 Å². The second-order valence-electron chi connectivity index (χ2n) is 8.20. The number of piperazine rings is 1. The highest BCUT2D eigenvalue weighted by atomic mass is 15.3. The average molecular weight is 378 g/mol. The van der Waals surface area contributed by atoms with Gasteiger partial charge in [-0.25, -0.2) is 14.6 Å². The summed E-state index contributed by atoms with van der Waals surface area (Å²) in [7, 11) is 0. The summed E-state index contributed by atoms with van der Waals surface area (Å²) in [6.45, 7) is 5.31. The number of hydrogen-bond donors (Lipinski definition) is 1. The molecule has 0 unspecified atom stereocenters. The maximum absolute atomic E-state index is 4.64. The van der Waals surface area contributed by atoms with Gasteiger partial charge in [-0.1, -0.05) is 36.8 Å². The Morgan fingerprint density at radius 1 is 0.964 bits per heavy atom. The zero-order valence-electron chi connectivity index (χ0n) is 16.4. The van der Waals surface area contributed by atoms with Crippen LogP contribution in [-0.2, 0) is 6.54 Å². The van der Waals surface area contributed by atoms with Crippen LogP contribution in [0.1, 0.15) is 37.7 Å². The van der Waals surface area contributed by atoms with E-state index in [2.05, 4.69) is 44.2 Å². The summed E-state index contributed by atoms with van der Waals surface area (Å²) in [4.78, 5) is 13.4. The van der Waals surface area contributed by atoms with E-state index in [9.17, 15) is 0 Å². The highest BCUT2D eigenvalue weighted by Gasteiger charge is 2.29. The molecule has 2 aromatic heterocycles. The number of rotatable bonds is 4. The summed E-state index contributed by atoms with van der Waals surface area (Å²) in [6, 6.07) is 11.3. The molecule has 0 bridgehead atoms. The molecule has 0 radical (unpaired) electrons. The number of anilines is 1. The van der Waals surface area contributed by atoms with Crippen molar-refractivity contribution in [2.24, 2.45) is 0 Å². The van der Waals surface area contributed by atoms with E-state index in [1.165, 1.54) is 50.8 Å². The van der Waals surface area contributed by atoms with Crippen LogP contribution in [0.15, 0.2) is 42.9 Å². The molecule has 1 saturated heterocycles. The van der Waals surface area contributed by atoms with E-state index < -0.39 is 0 Å². The van der Waals surface area contributed by atoms with Gasteiger partial charge in [0.15, 0.2) is 5.65 Å². The van der Waals surface area contributed by atoms with Gasteiger partial charge in [0.25, 0.3) is 0 Å². The van der Waals surface area contributed by atoms with Crippen molar-refractivity contribution in [2.75, 3.05) is 31.1 Å². The molecule has 1 aliphatic carbocycles. The first-order valence-corrected chi connectivity index (χ1v) is 10.7. The quantitative estimate of drug-likeness (QED) is 0.755. The molecule has 1 aliphatic heterocycles. The highest BCUT2D eigenvalue weighted by Crippen LogP contribution is 2.23. The maximum atomic E-state index is 4.64. The van der Waals surface area contributed by atoms with E-state index in [1.807, 2.05) is 16.9 Å². The molecule has 5 rings (SSSR count). The Hall–Kier alpha value is -2.47. The van der Waals surface area contributed by atoms with Gasteiger partial charge in [-0.3, -0.25) is 0 Å². The molecule has 0 amide bonds. The average Bonchev–Trinajstić information content (AvgIpc) is 3.18. The van der Waals surface area contributed by atoms with Gasteiger partial charge in [0.05, 0.1) is 50.3 Å². The van der Waals surface area contributed by atoms with Crippen molar-refractivity contribution in [3.63, 3.8) is 0 Å². The second-order valence-corrected chi connectivity index (χ2v) is 8.20. The Morgan fingerprint density at radius 2 is 1.75 bits per heavy atom. The Balaban J connectivity index is 1.32. The molecule has 28 heavy (non-hydrogen) atoms. The number of nitrogens with zero attached hydrogens (tertiary/aromatic N) is 5. The maximum Gasteiger partial charge on any atom is 0.163 e. The molecule has 3 aromatic rings. The molecule has 1 aromatic carbocycles. The zero-order chi connectivity index (χ0) is 18.8. The van der Waals surface area contributed by atoms with E-state index in [0.717, 1.165) is 42.5 Å². The van der Waals surface area contributed by atoms with Crippen LogP contribution in [0.5, 0.6) is 0 Å². The lowest BCUT2D eigenvalue weighted by molar-refractivity contribution is -0.927. The predicted molar refractivity (Wildman–Crippen MR) is 111 cm³/mol. The third-order valence-electron chi connectivity index (χ3n) is 6.48. The molecule has 6 nitrogen and oxygen atoms in total. The number of hydrogen-bond acceptors (Lipinski definition) is 4. The fraction of sp³-hybridized carbons (Fsp3) is 0.500. The molecule has 3 heterocycles. The first kappa shape index (κ1) is 17.6. The van der Waals surface area contributed by atoms with Crippen LogP contribution in [0.3, 0.4) is 0 Å². The first-order valence-electron chi connectivity index (χ1n) is 10.7. The molecule has 146 valence electrons. The van der Waals surface area contributed by atoms with Gasteiger partial charge in [0.1, 0.15) is 12.1 Å². The van der Waals surface area contributed by atoms with Crippen molar-refractivity contribution in [2.45, 2.75) is 44.7 Å². The van der Waals surface area contributed by atoms with Crippen molar-refractivity contribution in [1.29, 1.82) is 0 Å². The normalized spacial score (nSPS) is 19.4. The topological polar surface area (TPSA) is 51.3 Å². The van der Waals surface area contributed by atoms with Crippen LogP contribution in [0.2, 0.25) is 0 Å². The van der Waals surface area contributed by atoms with Gasteiger partial charge in [-0.05, 0) is 31.2 Å². The SMILES string of the molecule is c1ccc(Cn2ncc3c(N4CC[NH+](C5CCCCC5)CC4)ncnc32)cc1. The monoisotopic (exact) mass is 377 g/mol. The van der Waals surface area contributed by atoms with Crippen LogP contribution in [0, 0.1) is 0 Å². The molecule has 6 heteroatoms. The van der Waals surface area contributed by atoms with Crippen LogP contribution < -0.4 is 9.80 Å². The fourth-order valence-corrected chi connectivity index (χ4v) is 4.93. The van der Waals surface area contributed by atoms with Gasteiger partial charge >= 0.3 is 0 Å². The molecular weight excluding hydrogens is 348 g/mol. The standard InChI is InChI=1S/C22H28N6/c1-3-7-18(8-4-1)16-28-22-20(15-25-28)21(23-17-24-22)27-13-11-26(12-14-27)19-9-5-2-6-10-19/h1,3-4,7-8,15,17,19H,2,5-6,9-14,16H2/p+1. The van der Waals surface area contributed by atoms with Crippen molar-refractivity contribution in [1.82, 2.24) is 19.7 Å². The summed E-state index contributed by atoms with van der Waals surface area (Å²) in [5.41, 5.74) is 2.16. The van der Waals surface area contributed by atoms with E-state index >= 15 is 0 Å². The highest BCUT2D eigenvalue weighted by molar-refractivity contribution is 5.86. The summed E-state index contributed by atoms with van der Waals surface area (Å²) in [6.07, 6.45) is 10.7. The van der Waals surface area contributed by atoms with Crippen molar-refractivity contribution in [3.8, 4) is 0 Å². The molecule has 2 aliphatic rings. The zero-order valence-corrected chi connectivity index (χ0v) is 16.4. The number of nitrogens with one attached hydrogen (secondary N) is 1. The Bertz CT molecular complexity index is 907. The largest absolute Gasteiger partial charge is 0.345 e. The van der Waals surface area contributed by atoms with Gasteiger partial charge in [0.2, 0.25) is 0 Å². The minimum Gasteiger partial charge on any atom is -0.345 e. The van der Waals surface area contributed by atoms with E-state index in [0.29, 0.717) is 0 Å². The van der Waals surface area contributed by atoms with E-state index in [1.54, 1.807) is 11.2 Å².